The van der Waals surface area contributed by atoms with E-state index in [4.69, 9.17) is 5.11 Å². The van der Waals surface area contributed by atoms with Gasteiger partial charge in [-0.3, -0.25) is 9.59 Å². The molecule has 0 aromatic carbocycles. The maximum Gasteiger partial charge on any atom is 0.303 e. The van der Waals surface area contributed by atoms with Crippen LogP contribution < -0.4 is 5.32 Å². The molecule has 0 radical (unpaired) electrons. The lowest BCUT2D eigenvalue weighted by Gasteiger charge is -2.30. The summed E-state index contributed by atoms with van der Waals surface area (Å²) in [5.41, 5.74) is 0. The van der Waals surface area contributed by atoms with Gasteiger partial charge in [-0.05, 0) is 19.4 Å². The van der Waals surface area contributed by atoms with Crippen LogP contribution in [0.5, 0.6) is 0 Å². The molecule has 80 valence electrons. The van der Waals surface area contributed by atoms with Gasteiger partial charge >= 0.3 is 5.97 Å². The summed E-state index contributed by atoms with van der Waals surface area (Å²) in [5, 5.41) is 11.3. The molecule has 0 unspecified atom stereocenters. The highest BCUT2D eigenvalue weighted by molar-refractivity contribution is 5.78. The quantitative estimate of drug-likeness (QED) is 0.576. The molecule has 0 atom stereocenters. The van der Waals surface area contributed by atoms with Crippen molar-refractivity contribution in [3.05, 3.63) is 0 Å². The average molecular weight is 200 g/mol. The van der Waals surface area contributed by atoms with Gasteiger partial charge in [0.2, 0.25) is 5.91 Å². The molecule has 0 bridgehead atoms. The molecule has 1 amide bonds. The minimum Gasteiger partial charge on any atom is -0.481 e. The van der Waals surface area contributed by atoms with E-state index in [0.717, 1.165) is 19.5 Å². The Morgan fingerprint density at radius 1 is 1.36 bits per heavy atom. The van der Waals surface area contributed by atoms with E-state index in [0.29, 0.717) is 19.5 Å². The van der Waals surface area contributed by atoms with Crippen LogP contribution in [0.2, 0.25) is 0 Å². The third kappa shape index (κ3) is 3.74. The number of amides is 1. The minimum atomic E-state index is -0.791. The monoisotopic (exact) mass is 200 g/mol. The molecule has 1 aliphatic heterocycles. The van der Waals surface area contributed by atoms with Gasteiger partial charge in [-0.15, -0.1) is 0 Å². The smallest absolute Gasteiger partial charge is 0.303 e. The lowest BCUT2D eigenvalue weighted by Crippen LogP contribution is -2.46. The van der Waals surface area contributed by atoms with Crippen LogP contribution in [0.15, 0.2) is 0 Å². The Labute approximate surface area is 83.1 Å². The second-order valence-electron chi connectivity index (χ2n) is 3.41. The number of nitrogens with zero attached hydrogens (tertiary/aromatic N) is 1. The first-order valence-electron chi connectivity index (χ1n) is 4.90. The summed E-state index contributed by atoms with van der Waals surface area (Å²) in [6, 6.07) is 0. The van der Waals surface area contributed by atoms with Crippen LogP contribution in [0, 0.1) is 0 Å². The minimum absolute atomic E-state index is 0.117. The maximum absolute atomic E-state index is 11.3. The molecule has 0 aliphatic carbocycles. The van der Waals surface area contributed by atoms with Crippen LogP contribution >= 0.6 is 0 Å². The molecule has 5 heteroatoms. The largest absolute Gasteiger partial charge is 0.481 e. The van der Waals surface area contributed by atoms with Crippen LogP contribution in [0.3, 0.4) is 0 Å². The van der Waals surface area contributed by atoms with Gasteiger partial charge in [-0.25, -0.2) is 0 Å². The first-order valence-corrected chi connectivity index (χ1v) is 4.90. The van der Waals surface area contributed by atoms with E-state index >= 15 is 0 Å². The van der Waals surface area contributed by atoms with Crippen molar-refractivity contribution in [3.8, 4) is 0 Å². The molecule has 0 aromatic rings. The topological polar surface area (TPSA) is 69.6 Å². The van der Waals surface area contributed by atoms with Gasteiger partial charge in [0.1, 0.15) is 0 Å². The maximum atomic E-state index is 11.3. The summed E-state index contributed by atoms with van der Waals surface area (Å²) >= 11 is 0. The number of carboxylic acids is 1. The van der Waals surface area contributed by atoms with Crippen LogP contribution in [-0.4, -0.2) is 48.1 Å². The van der Waals surface area contributed by atoms with Crippen molar-refractivity contribution in [1.82, 2.24) is 10.2 Å². The van der Waals surface area contributed by atoms with E-state index in [1.807, 2.05) is 0 Å². The Hall–Kier alpha value is -1.10. The van der Waals surface area contributed by atoms with Crippen molar-refractivity contribution in [2.75, 3.05) is 26.2 Å². The van der Waals surface area contributed by atoms with Crippen LogP contribution in [0.4, 0.5) is 0 Å². The van der Waals surface area contributed by atoms with Crippen molar-refractivity contribution in [3.63, 3.8) is 0 Å². The molecule has 1 saturated heterocycles. The Morgan fingerprint density at radius 2 is 2.07 bits per heavy atom. The van der Waals surface area contributed by atoms with Gasteiger partial charge in [0.05, 0.1) is 6.54 Å². The van der Waals surface area contributed by atoms with Crippen molar-refractivity contribution < 1.29 is 14.7 Å². The standard InChI is InChI=1S/C9H16N2O3/c12-8(11-5-2-6-11)7-10-4-1-3-9(13)14/h10H,1-7H2,(H,13,14). The summed E-state index contributed by atoms with van der Waals surface area (Å²) in [4.78, 5) is 23.2. The Kier molecular flexibility index (Phi) is 4.39. The number of hydrogen-bond donors (Lipinski definition) is 2. The SMILES string of the molecule is O=C(O)CCCNCC(=O)N1CCC1. The first kappa shape index (κ1) is 11.0. The van der Waals surface area contributed by atoms with Crippen molar-refractivity contribution in [2.24, 2.45) is 0 Å². The number of likely N-dealkylation sites (tertiary alicyclic amines) is 1. The normalized spacial score (nSPS) is 15.0. The summed E-state index contributed by atoms with van der Waals surface area (Å²) in [6.45, 7) is 2.66. The second kappa shape index (κ2) is 5.59. The van der Waals surface area contributed by atoms with E-state index < -0.39 is 5.97 Å². The van der Waals surface area contributed by atoms with Gasteiger partial charge in [0, 0.05) is 19.5 Å². The molecule has 1 rings (SSSR count). The van der Waals surface area contributed by atoms with Crippen LogP contribution in [-0.2, 0) is 9.59 Å². The van der Waals surface area contributed by atoms with E-state index in [1.165, 1.54) is 0 Å². The summed E-state index contributed by atoms with van der Waals surface area (Å²) < 4.78 is 0. The fourth-order valence-electron chi connectivity index (χ4n) is 1.24. The Bertz CT molecular complexity index is 214. The number of rotatable bonds is 6. The molecule has 1 fully saturated rings. The van der Waals surface area contributed by atoms with Crippen molar-refractivity contribution in [2.45, 2.75) is 19.3 Å². The van der Waals surface area contributed by atoms with Gasteiger partial charge in [-0.1, -0.05) is 0 Å². The number of carbonyl (C=O) groups is 2. The third-order valence-corrected chi connectivity index (χ3v) is 2.23. The third-order valence-electron chi connectivity index (χ3n) is 2.23. The first-order chi connectivity index (χ1) is 6.70. The highest BCUT2D eigenvalue weighted by Crippen LogP contribution is 2.04. The fraction of sp³-hybridized carbons (Fsp3) is 0.778. The number of carbonyl (C=O) groups excluding carboxylic acids is 1. The number of carboxylic acid groups (broad SMARTS) is 1. The van der Waals surface area contributed by atoms with Crippen LogP contribution in [0.25, 0.3) is 0 Å². The van der Waals surface area contributed by atoms with Crippen LogP contribution in [0.1, 0.15) is 19.3 Å². The summed E-state index contributed by atoms with van der Waals surface area (Å²) in [5.74, 6) is -0.674. The zero-order valence-corrected chi connectivity index (χ0v) is 8.16. The average Bonchev–Trinajstić information content (AvgIpc) is 1.99. The summed E-state index contributed by atoms with van der Waals surface area (Å²) in [6.07, 6.45) is 1.83. The summed E-state index contributed by atoms with van der Waals surface area (Å²) in [7, 11) is 0. The number of aliphatic carboxylic acids is 1. The molecule has 0 aromatic heterocycles. The number of nitrogens with one attached hydrogen (secondary N) is 1. The van der Waals surface area contributed by atoms with E-state index in [1.54, 1.807) is 4.90 Å². The predicted octanol–water partition coefficient (Wildman–Crippen LogP) is -0.327. The van der Waals surface area contributed by atoms with Gasteiger partial charge in [0.15, 0.2) is 0 Å². The van der Waals surface area contributed by atoms with Crippen molar-refractivity contribution in [1.29, 1.82) is 0 Å². The van der Waals surface area contributed by atoms with E-state index in [-0.39, 0.29) is 12.3 Å². The molecule has 1 heterocycles. The molecular weight excluding hydrogens is 184 g/mol. The lowest BCUT2D eigenvalue weighted by molar-refractivity contribution is -0.137. The molecule has 0 saturated carbocycles. The van der Waals surface area contributed by atoms with E-state index in [2.05, 4.69) is 5.32 Å². The highest BCUT2D eigenvalue weighted by atomic mass is 16.4. The zero-order valence-electron chi connectivity index (χ0n) is 8.16. The van der Waals surface area contributed by atoms with Crippen molar-refractivity contribution >= 4 is 11.9 Å². The second-order valence-corrected chi connectivity index (χ2v) is 3.41. The zero-order chi connectivity index (χ0) is 10.4. The van der Waals surface area contributed by atoms with Gasteiger partial charge < -0.3 is 15.3 Å². The number of hydrogen-bond acceptors (Lipinski definition) is 3. The lowest BCUT2D eigenvalue weighted by atomic mass is 10.2. The molecule has 14 heavy (non-hydrogen) atoms. The highest BCUT2D eigenvalue weighted by Gasteiger charge is 2.18. The molecule has 0 spiro atoms. The molecular formula is C9H16N2O3. The molecule has 2 N–H and O–H groups in total. The Morgan fingerprint density at radius 3 is 2.57 bits per heavy atom. The Balaban J connectivity index is 1.92. The molecule has 5 nitrogen and oxygen atoms in total. The predicted molar refractivity (Wildman–Crippen MR) is 50.9 cm³/mol. The van der Waals surface area contributed by atoms with E-state index in [9.17, 15) is 9.59 Å². The molecule has 1 aliphatic rings. The van der Waals surface area contributed by atoms with Gasteiger partial charge in [0.25, 0.3) is 0 Å². The fourth-order valence-corrected chi connectivity index (χ4v) is 1.24. The van der Waals surface area contributed by atoms with Gasteiger partial charge in [-0.2, -0.15) is 0 Å².